The number of carbonyl (C=O) groups is 1. The van der Waals surface area contributed by atoms with Gasteiger partial charge in [-0.1, -0.05) is 36.4 Å². The van der Waals surface area contributed by atoms with Gasteiger partial charge in [-0.05, 0) is 60.5 Å². The first-order valence-corrected chi connectivity index (χ1v) is 9.93. The summed E-state index contributed by atoms with van der Waals surface area (Å²) in [5.74, 6) is -0.526. The number of aromatic nitrogens is 1. The molecule has 0 radical (unpaired) electrons. The minimum absolute atomic E-state index is 0.258. The molecule has 0 spiro atoms. The molecule has 0 aliphatic rings. The molecule has 0 saturated carbocycles. The third-order valence-corrected chi connectivity index (χ3v) is 5.72. The predicted octanol–water partition coefficient (Wildman–Crippen LogP) is 5.58. The molecule has 4 rings (SSSR count). The molecule has 1 aromatic heterocycles. The Morgan fingerprint density at radius 3 is 2.50 bits per heavy atom. The van der Waals surface area contributed by atoms with Crippen LogP contribution in [0.1, 0.15) is 22.2 Å². The highest BCUT2D eigenvalue weighted by atomic mass is 32.1. The topological polar surface area (TPSA) is 34.4 Å². The Labute approximate surface area is 166 Å². The summed E-state index contributed by atoms with van der Waals surface area (Å²) in [4.78, 5) is 19.1. The first kappa shape index (κ1) is 18.3. The molecule has 0 aliphatic carbocycles. The third kappa shape index (κ3) is 3.29. The first-order valence-electron chi connectivity index (χ1n) is 9.11. The summed E-state index contributed by atoms with van der Waals surface area (Å²) in [5.41, 5.74) is 2.48. The van der Waals surface area contributed by atoms with Gasteiger partial charge in [0.1, 0.15) is 5.82 Å². The molecule has 0 aliphatic heterocycles. The van der Waals surface area contributed by atoms with E-state index in [-0.39, 0.29) is 11.7 Å². The molecule has 0 N–H and O–H groups in total. The van der Waals surface area contributed by atoms with Crippen LogP contribution in [-0.2, 0) is 6.54 Å². The fraction of sp³-hybridized carbons (Fsp3) is 0.130. The summed E-state index contributed by atoms with van der Waals surface area (Å²) in [6, 6.07) is 19.9. The van der Waals surface area contributed by atoms with Crippen molar-refractivity contribution in [1.82, 2.24) is 4.57 Å². The van der Waals surface area contributed by atoms with Gasteiger partial charge >= 0.3 is 0 Å². The summed E-state index contributed by atoms with van der Waals surface area (Å²) < 4.78 is 15.3. The van der Waals surface area contributed by atoms with Crippen LogP contribution in [0.5, 0.6) is 0 Å². The van der Waals surface area contributed by atoms with E-state index < -0.39 is 0 Å². The average molecular weight is 390 g/mol. The fourth-order valence-electron chi connectivity index (χ4n) is 3.43. The van der Waals surface area contributed by atoms with Crippen LogP contribution in [0.3, 0.4) is 0 Å². The van der Waals surface area contributed by atoms with Crippen LogP contribution in [0.2, 0.25) is 0 Å². The quantitative estimate of drug-likeness (QED) is 0.450. The van der Waals surface area contributed by atoms with Gasteiger partial charge in [-0.2, -0.15) is 4.99 Å². The van der Waals surface area contributed by atoms with Crippen LogP contribution in [0.15, 0.2) is 71.7 Å². The number of amides is 1. The SMILES string of the molecule is CCn1c(-c2ccc(F)cc2)c(C)sc1=NC(=O)c1cccc2ccccc12. The molecular formula is C23H19FN2OS. The number of nitrogens with zero attached hydrogens (tertiary/aromatic N) is 2. The van der Waals surface area contributed by atoms with Crippen LogP contribution in [0.4, 0.5) is 4.39 Å². The molecule has 4 aromatic rings. The average Bonchev–Trinajstić information content (AvgIpc) is 3.02. The lowest BCUT2D eigenvalue weighted by molar-refractivity contribution is 0.0999. The second-order valence-corrected chi connectivity index (χ2v) is 7.67. The fourth-order valence-corrected chi connectivity index (χ4v) is 4.49. The Bertz CT molecular complexity index is 1230. The first-order chi connectivity index (χ1) is 13.6. The number of halogens is 1. The van der Waals surface area contributed by atoms with E-state index in [1.165, 1.54) is 23.5 Å². The maximum Gasteiger partial charge on any atom is 0.280 e. The van der Waals surface area contributed by atoms with E-state index in [0.29, 0.717) is 16.9 Å². The normalized spacial score (nSPS) is 11.9. The minimum atomic E-state index is -0.268. The van der Waals surface area contributed by atoms with Gasteiger partial charge in [-0.15, -0.1) is 11.3 Å². The highest BCUT2D eigenvalue weighted by Gasteiger charge is 2.14. The summed E-state index contributed by atoms with van der Waals surface area (Å²) in [5, 5.41) is 1.91. The number of carbonyl (C=O) groups excluding carboxylic acids is 1. The lowest BCUT2D eigenvalue weighted by atomic mass is 10.0. The highest BCUT2D eigenvalue weighted by Crippen LogP contribution is 2.26. The van der Waals surface area contributed by atoms with Crippen molar-refractivity contribution in [1.29, 1.82) is 0 Å². The van der Waals surface area contributed by atoms with E-state index in [1.807, 2.05) is 60.9 Å². The lowest BCUT2D eigenvalue weighted by Gasteiger charge is -2.07. The number of thiazole rings is 1. The molecule has 0 unspecified atom stereocenters. The molecular weight excluding hydrogens is 371 g/mol. The smallest absolute Gasteiger partial charge is 0.280 e. The number of hydrogen-bond donors (Lipinski definition) is 0. The standard InChI is InChI=1S/C23H19FN2OS/c1-3-26-21(17-11-13-18(24)14-12-17)15(2)28-23(26)25-22(27)20-10-6-8-16-7-4-5-9-19(16)20/h4-14H,3H2,1-2H3. The number of fused-ring (bicyclic) bond motifs is 1. The Hall–Kier alpha value is -3.05. The molecule has 0 atom stereocenters. The number of rotatable bonds is 3. The zero-order valence-electron chi connectivity index (χ0n) is 15.6. The van der Waals surface area contributed by atoms with Gasteiger partial charge in [0.05, 0.1) is 5.69 Å². The van der Waals surface area contributed by atoms with Crippen LogP contribution < -0.4 is 4.80 Å². The van der Waals surface area contributed by atoms with E-state index in [2.05, 4.69) is 4.99 Å². The van der Waals surface area contributed by atoms with Gasteiger partial charge in [0.2, 0.25) is 0 Å². The van der Waals surface area contributed by atoms with E-state index in [4.69, 9.17) is 0 Å². The highest BCUT2D eigenvalue weighted by molar-refractivity contribution is 7.09. The molecule has 0 fully saturated rings. The number of hydrogen-bond acceptors (Lipinski definition) is 2. The molecule has 0 saturated heterocycles. The van der Waals surface area contributed by atoms with Crippen LogP contribution in [0, 0.1) is 12.7 Å². The Morgan fingerprint density at radius 1 is 1.04 bits per heavy atom. The van der Waals surface area contributed by atoms with Crippen LogP contribution in [-0.4, -0.2) is 10.5 Å². The van der Waals surface area contributed by atoms with Gasteiger partial charge in [-0.25, -0.2) is 4.39 Å². The van der Waals surface area contributed by atoms with Crippen molar-refractivity contribution in [3.05, 3.63) is 87.8 Å². The Kier molecular flexibility index (Phi) is 4.92. The van der Waals surface area contributed by atoms with E-state index in [0.717, 1.165) is 26.9 Å². The second-order valence-electron chi connectivity index (χ2n) is 6.48. The van der Waals surface area contributed by atoms with E-state index >= 15 is 0 Å². The molecule has 3 nitrogen and oxygen atoms in total. The summed E-state index contributed by atoms with van der Waals surface area (Å²) in [6.45, 7) is 4.68. The molecule has 0 bridgehead atoms. The van der Waals surface area contributed by atoms with Crippen molar-refractivity contribution in [2.45, 2.75) is 20.4 Å². The van der Waals surface area contributed by atoms with E-state index in [1.54, 1.807) is 12.1 Å². The third-order valence-electron chi connectivity index (χ3n) is 4.73. The zero-order valence-corrected chi connectivity index (χ0v) is 16.5. The van der Waals surface area contributed by atoms with Gasteiger partial charge in [0.15, 0.2) is 4.80 Å². The van der Waals surface area contributed by atoms with Gasteiger partial charge in [-0.3, -0.25) is 4.79 Å². The molecule has 5 heteroatoms. The van der Waals surface area contributed by atoms with Crippen molar-refractivity contribution < 1.29 is 9.18 Å². The maximum atomic E-state index is 13.3. The molecule has 1 amide bonds. The summed E-state index contributed by atoms with van der Waals surface area (Å²) in [6.07, 6.45) is 0. The lowest BCUT2D eigenvalue weighted by Crippen LogP contribution is -2.17. The summed E-state index contributed by atoms with van der Waals surface area (Å²) in [7, 11) is 0. The zero-order chi connectivity index (χ0) is 19.7. The van der Waals surface area contributed by atoms with Gasteiger partial charge < -0.3 is 4.57 Å². The molecule has 1 heterocycles. The van der Waals surface area contributed by atoms with Crippen molar-refractivity contribution >= 4 is 28.0 Å². The van der Waals surface area contributed by atoms with Crippen molar-refractivity contribution in [3.8, 4) is 11.3 Å². The Balaban J connectivity index is 1.85. The number of benzene rings is 3. The summed E-state index contributed by atoms with van der Waals surface area (Å²) >= 11 is 1.47. The predicted molar refractivity (Wildman–Crippen MR) is 112 cm³/mol. The molecule has 3 aromatic carbocycles. The largest absolute Gasteiger partial charge is 0.316 e. The maximum absolute atomic E-state index is 13.3. The molecule has 28 heavy (non-hydrogen) atoms. The Morgan fingerprint density at radius 2 is 1.75 bits per heavy atom. The van der Waals surface area contributed by atoms with Crippen molar-refractivity contribution in [3.63, 3.8) is 0 Å². The van der Waals surface area contributed by atoms with Gasteiger partial charge in [0.25, 0.3) is 5.91 Å². The molecule has 140 valence electrons. The van der Waals surface area contributed by atoms with Gasteiger partial charge in [0, 0.05) is 17.0 Å². The van der Waals surface area contributed by atoms with Crippen LogP contribution >= 0.6 is 11.3 Å². The van der Waals surface area contributed by atoms with Crippen molar-refractivity contribution in [2.24, 2.45) is 4.99 Å². The second kappa shape index (κ2) is 7.52. The van der Waals surface area contributed by atoms with Crippen molar-refractivity contribution in [2.75, 3.05) is 0 Å². The van der Waals surface area contributed by atoms with E-state index in [9.17, 15) is 9.18 Å². The monoisotopic (exact) mass is 390 g/mol. The number of aryl methyl sites for hydroxylation is 1. The minimum Gasteiger partial charge on any atom is -0.316 e. The van der Waals surface area contributed by atoms with Crippen LogP contribution in [0.25, 0.3) is 22.0 Å².